The first-order valence-electron chi connectivity index (χ1n) is 6.39. The summed E-state index contributed by atoms with van der Waals surface area (Å²) < 4.78 is 0. The summed E-state index contributed by atoms with van der Waals surface area (Å²) in [6, 6.07) is 14.4. The number of hydrogen-bond donors (Lipinski definition) is 1. The van der Waals surface area contributed by atoms with Gasteiger partial charge in [0.15, 0.2) is 0 Å². The lowest BCUT2D eigenvalue weighted by atomic mass is 10.1. The van der Waals surface area contributed by atoms with Crippen molar-refractivity contribution in [1.29, 1.82) is 0 Å². The van der Waals surface area contributed by atoms with Crippen LogP contribution < -0.4 is 5.73 Å². The van der Waals surface area contributed by atoms with Gasteiger partial charge in [-0.3, -0.25) is 0 Å². The molecule has 0 aliphatic rings. The molecule has 110 valence electrons. The van der Waals surface area contributed by atoms with Crippen molar-refractivity contribution in [3.05, 3.63) is 63.6 Å². The monoisotopic (exact) mass is 349 g/mol. The average Bonchev–Trinajstić information content (AvgIpc) is 2.47. The number of halogens is 3. The molecule has 2 aromatic carbocycles. The molecule has 0 fully saturated rings. The summed E-state index contributed by atoms with van der Waals surface area (Å²) in [6.45, 7) is 0. The SMILES string of the molecule is Nc1nc(-c2ccccc2Cl)cc(-c2ccc(Cl)cc2Cl)n1. The summed E-state index contributed by atoms with van der Waals surface area (Å²) in [6.07, 6.45) is 0. The van der Waals surface area contributed by atoms with E-state index in [1.807, 2.05) is 18.2 Å². The smallest absolute Gasteiger partial charge is 0.221 e. The van der Waals surface area contributed by atoms with Crippen molar-refractivity contribution in [3.63, 3.8) is 0 Å². The Hall–Kier alpha value is -1.81. The first-order valence-corrected chi connectivity index (χ1v) is 7.53. The molecule has 0 aliphatic carbocycles. The van der Waals surface area contributed by atoms with Gasteiger partial charge in [0.2, 0.25) is 5.95 Å². The quantitative estimate of drug-likeness (QED) is 0.677. The summed E-state index contributed by atoms with van der Waals surface area (Å²) in [4.78, 5) is 8.50. The molecule has 6 heteroatoms. The third-order valence-electron chi connectivity index (χ3n) is 3.10. The highest BCUT2D eigenvalue weighted by molar-refractivity contribution is 6.36. The Balaban J connectivity index is 2.17. The van der Waals surface area contributed by atoms with Gasteiger partial charge in [-0.2, -0.15) is 0 Å². The largest absolute Gasteiger partial charge is 0.368 e. The number of rotatable bonds is 2. The van der Waals surface area contributed by atoms with Gasteiger partial charge in [-0.05, 0) is 30.3 Å². The van der Waals surface area contributed by atoms with E-state index in [1.165, 1.54) is 0 Å². The van der Waals surface area contributed by atoms with E-state index in [1.54, 1.807) is 30.3 Å². The number of nitrogen functional groups attached to an aromatic ring is 1. The molecule has 1 aromatic heterocycles. The van der Waals surface area contributed by atoms with Crippen molar-refractivity contribution in [2.75, 3.05) is 5.73 Å². The predicted molar refractivity (Wildman–Crippen MR) is 92.3 cm³/mol. The van der Waals surface area contributed by atoms with Crippen LogP contribution >= 0.6 is 34.8 Å². The Morgan fingerprint density at radius 2 is 1.36 bits per heavy atom. The van der Waals surface area contributed by atoms with Crippen molar-refractivity contribution >= 4 is 40.8 Å². The Morgan fingerprint density at radius 1 is 0.727 bits per heavy atom. The molecule has 3 aromatic rings. The number of nitrogens with two attached hydrogens (primary N) is 1. The molecule has 0 atom stereocenters. The molecule has 0 unspecified atom stereocenters. The summed E-state index contributed by atoms with van der Waals surface area (Å²) in [7, 11) is 0. The fourth-order valence-electron chi connectivity index (χ4n) is 2.11. The van der Waals surface area contributed by atoms with Gasteiger partial charge in [-0.15, -0.1) is 0 Å². The zero-order valence-corrected chi connectivity index (χ0v) is 13.5. The second-order valence-electron chi connectivity index (χ2n) is 4.60. The normalized spacial score (nSPS) is 10.7. The molecule has 0 bridgehead atoms. The van der Waals surface area contributed by atoms with Gasteiger partial charge >= 0.3 is 0 Å². The lowest BCUT2D eigenvalue weighted by Gasteiger charge is -2.09. The van der Waals surface area contributed by atoms with E-state index in [0.717, 1.165) is 11.1 Å². The molecule has 0 radical (unpaired) electrons. The van der Waals surface area contributed by atoms with Crippen molar-refractivity contribution in [1.82, 2.24) is 9.97 Å². The van der Waals surface area contributed by atoms with E-state index in [-0.39, 0.29) is 5.95 Å². The first kappa shape index (κ1) is 15.1. The van der Waals surface area contributed by atoms with E-state index in [4.69, 9.17) is 40.5 Å². The number of hydrogen-bond acceptors (Lipinski definition) is 3. The summed E-state index contributed by atoms with van der Waals surface area (Å²) in [5.74, 6) is 0.151. The number of benzene rings is 2. The zero-order valence-electron chi connectivity index (χ0n) is 11.2. The fraction of sp³-hybridized carbons (Fsp3) is 0. The van der Waals surface area contributed by atoms with Crippen LogP contribution in [0.25, 0.3) is 22.5 Å². The highest BCUT2D eigenvalue weighted by atomic mass is 35.5. The maximum atomic E-state index is 6.23. The summed E-state index contributed by atoms with van der Waals surface area (Å²) in [5, 5.41) is 1.64. The minimum atomic E-state index is 0.151. The first-order chi connectivity index (χ1) is 10.5. The second kappa shape index (κ2) is 6.13. The highest BCUT2D eigenvalue weighted by Gasteiger charge is 2.11. The Morgan fingerprint density at radius 3 is 2.00 bits per heavy atom. The van der Waals surface area contributed by atoms with Gasteiger partial charge in [0.25, 0.3) is 0 Å². The second-order valence-corrected chi connectivity index (χ2v) is 5.85. The van der Waals surface area contributed by atoms with E-state index in [2.05, 4.69) is 9.97 Å². The van der Waals surface area contributed by atoms with Crippen molar-refractivity contribution in [2.24, 2.45) is 0 Å². The maximum Gasteiger partial charge on any atom is 0.221 e. The van der Waals surface area contributed by atoms with Crippen molar-refractivity contribution < 1.29 is 0 Å². The van der Waals surface area contributed by atoms with Crippen LogP contribution in [0.2, 0.25) is 15.1 Å². The Bertz CT molecular complexity index is 850. The average molecular weight is 351 g/mol. The van der Waals surface area contributed by atoms with Gasteiger partial charge < -0.3 is 5.73 Å². The lowest BCUT2D eigenvalue weighted by molar-refractivity contribution is 1.19. The third kappa shape index (κ3) is 3.02. The molecule has 3 nitrogen and oxygen atoms in total. The van der Waals surface area contributed by atoms with Crippen LogP contribution in [0, 0.1) is 0 Å². The molecule has 0 aliphatic heterocycles. The Labute approximate surface area is 142 Å². The van der Waals surface area contributed by atoms with Gasteiger partial charge in [0, 0.05) is 21.2 Å². The minimum absolute atomic E-state index is 0.151. The van der Waals surface area contributed by atoms with Gasteiger partial charge in [0.05, 0.1) is 16.4 Å². The van der Waals surface area contributed by atoms with E-state index >= 15 is 0 Å². The van der Waals surface area contributed by atoms with Crippen LogP contribution in [0.1, 0.15) is 0 Å². The van der Waals surface area contributed by atoms with Crippen LogP contribution in [-0.2, 0) is 0 Å². The zero-order chi connectivity index (χ0) is 15.7. The molecule has 0 saturated heterocycles. The van der Waals surface area contributed by atoms with Gasteiger partial charge in [-0.25, -0.2) is 9.97 Å². The number of nitrogens with zero attached hydrogens (tertiary/aromatic N) is 2. The predicted octanol–water partition coefficient (Wildman–Crippen LogP) is 5.35. The van der Waals surface area contributed by atoms with Crippen LogP contribution in [0.5, 0.6) is 0 Å². The molecule has 0 amide bonds. The van der Waals surface area contributed by atoms with Crippen LogP contribution in [0.4, 0.5) is 5.95 Å². The molecule has 22 heavy (non-hydrogen) atoms. The summed E-state index contributed by atoms with van der Waals surface area (Å²) >= 11 is 18.4. The van der Waals surface area contributed by atoms with Crippen molar-refractivity contribution in [2.45, 2.75) is 0 Å². The van der Waals surface area contributed by atoms with Gasteiger partial charge in [-0.1, -0.05) is 53.0 Å². The van der Waals surface area contributed by atoms with E-state index in [9.17, 15) is 0 Å². The van der Waals surface area contributed by atoms with E-state index < -0.39 is 0 Å². The molecular weight excluding hydrogens is 341 g/mol. The number of anilines is 1. The maximum absolute atomic E-state index is 6.23. The topological polar surface area (TPSA) is 51.8 Å². The van der Waals surface area contributed by atoms with Crippen LogP contribution in [0.3, 0.4) is 0 Å². The molecule has 1 heterocycles. The number of aromatic nitrogens is 2. The third-order valence-corrected chi connectivity index (χ3v) is 3.98. The van der Waals surface area contributed by atoms with Crippen LogP contribution in [-0.4, -0.2) is 9.97 Å². The van der Waals surface area contributed by atoms with Crippen LogP contribution in [0.15, 0.2) is 48.5 Å². The summed E-state index contributed by atoms with van der Waals surface area (Å²) in [5.41, 5.74) is 8.59. The van der Waals surface area contributed by atoms with Crippen molar-refractivity contribution in [3.8, 4) is 22.5 Å². The minimum Gasteiger partial charge on any atom is -0.368 e. The molecule has 2 N–H and O–H groups in total. The molecule has 0 saturated carbocycles. The Kier molecular flexibility index (Phi) is 4.21. The molecule has 0 spiro atoms. The highest BCUT2D eigenvalue weighted by Crippen LogP contribution is 2.33. The molecule has 3 rings (SSSR count). The fourth-order valence-corrected chi connectivity index (χ4v) is 2.85. The molecular formula is C16H10Cl3N3. The van der Waals surface area contributed by atoms with E-state index in [0.29, 0.717) is 26.5 Å². The lowest BCUT2D eigenvalue weighted by Crippen LogP contribution is -1.99. The standard InChI is InChI=1S/C16H10Cl3N3/c17-9-5-6-11(13(19)7-9)15-8-14(21-16(20)22-15)10-3-1-2-4-12(10)18/h1-8H,(H2,20,21,22). The van der Waals surface area contributed by atoms with Gasteiger partial charge in [0.1, 0.15) is 0 Å².